The van der Waals surface area contributed by atoms with Gasteiger partial charge in [0.25, 0.3) is 0 Å². The number of carbonyl (C=O) groups is 1. The molecule has 2 rings (SSSR count). The Kier molecular flexibility index (Phi) is 5.43. The highest BCUT2D eigenvalue weighted by Crippen LogP contribution is 2.38. The summed E-state index contributed by atoms with van der Waals surface area (Å²) in [6, 6.07) is 3.75. The Morgan fingerprint density at radius 2 is 1.77 bits per heavy atom. The molecule has 1 fully saturated rings. The fourth-order valence-corrected chi connectivity index (χ4v) is 3.23. The van der Waals surface area contributed by atoms with Crippen molar-refractivity contribution < 1.29 is 19.0 Å². The van der Waals surface area contributed by atoms with Gasteiger partial charge in [0.1, 0.15) is 5.60 Å². The monoisotopic (exact) mass is 308 g/mol. The van der Waals surface area contributed by atoms with E-state index in [-0.39, 0.29) is 17.2 Å². The van der Waals surface area contributed by atoms with E-state index in [1.54, 1.807) is 0 Å². The molecule has 0 saturated heterocycles. The summed E-state index contributed by atoms with van der Waals surface area (Å²) < 4.78 is 20.2. The van der Waals surface area contributed by atoms with Gasteiger partial charge in [-0.3, -0.25) is 0 Å². The molecular weight excluding hydrogens is 283 g/mol. The van der Waals surface area contributed by atoms with Crippen LogP contribution in [0.2, 0.25) is 0 Å². The van der Waals surface area contributed by atoms with Gasteiger partial charge in [-0.05, 0) is 49.8 Å². The second-order valence-electron chi connectivity index (χ2n) is 6.54. The topological polar surface area (TPSA) is 46.5 Å². The van der Waals surface area contributed by atoms with Gasteiger partial charge < -0.3 is 9.84 Å². The first-order valence-corrected chi connectivity index (χ1v) is 8.16. The minimum Gasteiger partial charge on any atom is -0.484 e. The average Bonchev–Trinajstić information content (AvgIpc) is 2.43. The summed E-state index contributed by atoms with van der Waals surface area (Å²) in [6.45, 7) is 4.20. The van der Waals surface area contributed by atoms with Crippen LogP contribution in [-0.4, -0.2) is 16.7 Å². The molecular formula is C18H25FO3. The van der Waals surface area contributed by atoms with E-state index in [0.717, 1.165) is 25.7 Å². The summed E-state index contributed by atoms with van der Waals surface area (Å²) in [5, 5.41) is 9.08. The van der Waals surface area contributed by atoms with Crippen molar-refractivity contribution >= 4 is 5.97 Å². The van der Waals surface area contributed by atoms with E-state index in [0.29, 0.717) is 0 Å². The highest BCUT2D eigenvalue weighted by atomic mass is 19.1. The van der Waals surface area contributed by atoms with Crippen molar-refractivity contribution in [2.24, 2.45) is 5.92 Å². The summed E-state index contributed by atoms with van der Waals surface area (Å²) in [5.41, 5.74) is -0.348. The zero-order valence-corrected chi connectivity index (χ0v) is 13.4. The molecule has 1 aliphatic rings. The molecule has 3 nitrogen and oxygen atoms in total. The molecule has 1 saturated carbocycles. The third-order valence-corrected chi connectivity index (χ3v) is 4.74. The van der Waals surface area contributed by atoms with Crippen molar-refractivity contribution in [2.45, 2.75) is 64.4 Å². The van der Waals surface area contributed by atoms with E-state index in [4.69, 9.17) is 9.84 Å². The molecule has 4 heteroatoms. The Hall–Kier alpha value is -1.58. The van der Waals surface area contributed by atoms with Crippen LogP contribution in [-0.2, 0) is 0 Å². The number of carboxylic acid groups (broad SMARTS) is 1. The molecule has 1 aromatic carbocycles. The third-order valence-electron chi connectivity index (χ3n) is 4.74. The van der Waals surface area contributed by atoms with Crippen molar-refractivity contribution in [1.29, 1.82) is 0 Å². The number of benzene rings is 1. The van der Waals surface area contributed by atoms with E-state index in [1.165, 1.54) is 37.5 Å². The Labute approximate surface area is 131 Å². The molecule has 0 unspecified atom stereocenters. The van der Waals surface area contributed by atoms with Crippen molar-refractivity contribution in [3.63, 3.8) is 0 Å². The van der Waals surface area contributed by atoms with Crippen molar-refractivity contribution in [2.75, 3.05) is 0 Å². The van der Waals surface area contributed by atoms with Crippen molar-refractivity contribution in [3.8, 4) is 5.75 Å². The minimum absolute atomic E-state index is 0.0566. The molecule has 0 amide bonds. The van der Waals surface area contributed by atoms with E-state index in [2.05, 4.69) is 13.8 Å². The number of ether oxygens (including phenoxy) is 1. The lowest BCUT2D eigenvalue weighted by Crippen LogP contribution is -2.42. The molecule has 0 bridgehead atoms. The van der Waals surface area contributed by atoms with Crippen molar-refractivity contribution in [3.05, 3.63) is 29.6 Å². The number of halogens is 1. The molecule has 1 aromatic rings. The highest BCUT2D eigenvalue weighted by Gasteiger charge is 2.36. The number of hydrogen-bond acceptors (Lipinski definition) is 2. The van der Waals surface area contributed by atoms with E-state index in [1.807, 2.05) is 0 Å². The minimum atomic E-state index is -1.07. The standard InChI is InChI=1S/C18H25FO3/c1-13(2)18(10-6-4-3-5-7-11-18)22-16-12-14(17(20)21)8-9-15(16)19/h8-9,12-13H,3-7,10-11H2,1-2H3,(H,20,21). The fourth-order valence-electron chi connectivity index (χ4n) is 3.23. The van der Waals surface area contributed by atoms with Gasteiger partial charge in [0, 0.05) is 0 Å². The van der Waals surface area contributed by atoms with Gasteiger partial charge in [0.2, 0.25) is 0 Å². The normalized spacial score (nSPS) is 18.5. The molecule has 0 aromatic heterocycles. The average molecular weight is 308 g/mol. The van der Waals surface area contributed by atoms with Crippen LogP contribution in [0.5, 0.6) is 5.75 Å². The van der Waals surface area contributed by atoms with Gasteiger partial charge >= 0.3 is 5.97 Å². The smallest absolute Gasteiger partial charge is 0.335 e. The molecule has 1 N–H and O–H groups in total. The van der Waals surface area contributed by atoms with Gasteiger partial charge in [-0.2, -0.15) is 0 Å². The van der Waals surface area contributed by atoms with Gasteiger partial charge in [-0.25, -0.2) is 9.18 Å². The van der Waals surface area contributed by atoms with Crippen LogP contribution in [0.1, 0.15) is 69.2 Å². The SMILES string of the molecule is CC(C)C1(Oc2cc(C(=O)O)ccc2F)CCCCCCC1. The van der Waals surface area contributed by atoms with Gasteiger partial charge in [0.05, 0.1) is 5.56 Å². The number of rotatable bonds is 4. The van der Waals surface area contributed by atoms with Crippen molar-refractivity contribution in [1.82, 2.24) is 0 Å². The van der Waals surface area contributed by atoms with Crippen LogP contribution in [0.4, 0.5) is 4.39 Å². The third kappa shape index (κ3) is 3.79. The summed E-state index contributed by atoms with van der Waals surface area (Å²) in [7, 11) is 0. The predicted octanol–water partition coefficient (Wildman–Crippen LogP) is 5.04. The predicted molar refractivity (Wildman–Crippen MR) is 83.9 cm³/mol. The first-order chi connectivity index (χ1) is 10.4. The van der Waals surface area contributed by atoms with Gasteiger partial charge in [0.15, 0.2) is 11.6 Å². The zero-order valence-electron chi connectivity index (χ0n) is 13.4. The number of aromatic carboxylic acids is 1. The highest BCUT2D eigenvalue weighted by molar-refractivity contribution is 5.88. The molecule has 0 radical (unpaired) electrons. The maximum atomic E-state index is 14.1. The van der Waals surface area contributed by atoms with Crippen LogP contribution in [0.3, 0.4) is 0 Å². The van der Waals surface area contributed by atoms with Gasteiger partial charge in [-0.1, -0.05) is 33.1 Å². The summed E-state index contributed by atoms with van der Waals surface area (Å²) in [5.74, 6) is -1.25. The van der Waals surface area contributed by atoms with Crippen LogP contribution < -0.4 is 4.74 Å². The second-order valence-corrected chi connectivity index (χ2v) is 6.54. The first kappa shape index (κ1) is 16.8. The second kappa shape index (κ2) is 7.12. The Balaban J connectivity index is 2.30. The fraction of sp³-hybridized carbons (Fsp3) is 0.611. The molecule has 0 spiro atoms. The van der Waals surface area contributed by atoms with Gasteiger partial charge in [-0.15, -0.1) is 0 Å². The Morgan fingerprint density at radius 3 is 2.32 bits per heavy atom. The van der Waals surface area contributed by atoms with E-state index in [9.17, 15) is 9.18 Å². The molecule has 122 valence electrons. The maximum absolute atomic E-state index is 14.1. The molecule has 22 heavy (non-hydrogen) atoms. The van der Waals surface area contributed by atoms with E-state index >= 15 is 0 Å². The zero-order chi connectivity index (χ0) is 16.2. The molecule has 0 aliphatic heterocycles. The van der Waals surface area contributed by atoms with E-state index < -0.39 is 17.4 Å². The quantitative estimate of drug-likeness (QED) is 0.847. The van der Waals surface area contributed by atoms with Crippen LogP contribution in [0.25, 0.3) is 0 Å². The summed E-state index contributed by atoms with van der Waals surface area (Å²) in [4.78, 5) is 11.1. The van der Waals surface area contributed by atoms with Crippen LogP contribution >= 0.6 is 0 Å². The first-order valence-electron chi connectivity index (χ1n) is 8.16. The molecule has 1 aliphatic carbocycles. The molecule has 0 heterocycles. The lowest BCUT2D eigenvalue weighted by molar-refractivity contribution is -0.00577. The number of carboxylic acids is 1. The molecule has 0 atom stereocenters. The number of hydrogen-bond donors (Lipinski definition) is 1. The van der Waals surface area contributed by atoms with Crippen LogP contribution in [0, 0.1) is 11.7 Å². The summed E-state index contributed by atoms with van der Waals surface area (Å²) in [6.07, 6.45) is 7.52. The maximum Gasteiger partial charge on any atom is 0.335 e. The Bertz CT molecular complexity index is 517. The largest absolute Gasteiger partial charge is 0.484 e. The van der Waals surface area contributed by atoms with Crippen LogP contribution in [0.15, 0.2) is 18.2 Å². The lowest BCUT2D eigenvalue weighted by atomic mass is 9.79. The lowest BCUT2D eigenvalue weighted by Gasteiger charge is -2.39. The summed E-state index contributed by atoms with van der Waals surface area (Å²) >= 11 is 0. The Morgan fingerprint density at radius 1 is 1.18 bits per heavy atom.